The zero-order chi connectivity index (χ0) is 25.3. The van der Waals surface area contributed by atoms with E-state index in [9.17, 15) is 4.79 Å². The molecule has 1 aromatic heterocycles. The molecule has 4 rings (SSSR count). The molecule has 1 fully saturated rings. The number of morpholine rings is 1. The number of hydrazone groups is 1. The number of carbonyl (C=O) groups is 1. The van der Waals surface area contributed by atoms with E-state index in [1.165, 1.54) is 21.1 Å². The molecule has 0 amide bonds. The van der Waals surface area contributed by atoms with Gasteiger partial charge in [0.15, 0.2) is 11.5 Å². The van der Waals surface area contributed by atoms with Crippen LogP contribution in [0.3, 0.4) is 0 Å². The Labute approximate surface area is 208 Å². The Morgan fingerprint density at radius 3 is 2.33 bits per heavy atom. The van der Waals surface area contributed by atoms with Crippen molar-refractivity contribution < 1.29 is 23.7 Å². The first-order valence-corrected chi connectivity index (χ1v) is 11.2. The number of nitrogens with one attached hydrogen (secondary N) is 2. The van der Waals surface area contributed by atoms with E-state index >= 15 is 0 Å². The van der Waals surface area contributed by atoms with E-state index in [0.29, 0.717) is 55.3 Å². The average Bonchev–Trinajstić information content (AvgIpc) is 2.90. The van der Waals surface area contributed by atoms with Crippen molar-refractivity contribution in [2.24, 2.45) is 5.10 Å². The molecule has 1 aliphatic rings. The molecule has 0 saturated carbocycles. The number of methoxy groups -OCH3 is 2. The van der Waals surface area contributed by atoms with Crippen molar-refractivity contribution in [3.05, 3.63) is 48.0 Å². The molecule has 0 spiro atoms. The van der Waals surface area contributed by atoms with Crippen molar-refractivity contribution in [3.8, 4) is 17.2 Å². The molecule has 12 heteroatoms. The van der Waals surface area contributed by atoms with Gasteiger partial charge in [0.2, 0.25) is 23.6 Å². The van der Waals surface area contributed by atoms with E-state index in [4.69, 9.17) is 18.9 Å². The predicted molar refractivity (Wildman–Crippen MR) is 135 cm³/mol. The van der Waals surface area contributed by atoms with Gasteiger partial charge in [0, 0.05) is 31.3 Å². The van der Waals surface area contributed by atoms with Crippen molar-refractivity contribution in [1.82, 2.24) is 15.0 Å². The quantitative estimate of drug-likeness (QED) is 0.197. The van der Waals surface area contributed by atoms with Gasteiger partial charge in [-0.05, 0) is 24.3 Å². The van der Waals surface area contributed by atoms with E-state index in [1.54, 1.807) is 18.3 Å². The number of nitrogens with zero attached hydrogens (tertiary/aromatic N) is 5. The second-order valence-electron chi connectivity index (χ2n) is 7.59. The third kappa shape index (κ3) is 6.36. The summed E-state index contributed by atoms with van der Waals surface area (Å²) in [7, 11) is 2.94. The lowest BCUT2D eigenvalue weighted by Gasteiger charge is -2.27. The van der Waals surface area contributed by atoms with Gasteiger partial charge in [-0.1, -0.05) is 18.2 Å². The molecule has 2 heterocycles. The predicted octanol–water partition coefficient (Wildman–Crippen LogP) is 2.84. The van der Waals surface area contributed by atoms with Crippen LogP contribution in [0.25, 0.3) is 0 Å². The highest BCUT2D eigenvalue weighted by Crippen LogP contribution is 2.38. The van der Waals surface area contributed by atoms with E-state index in [-0.39, 0.29) is 11.7 Å². The number of carbonyl (C=O) groups excluding carboxylic acids is 1. The van der Waals surface area contributed by atoms with E-state index in [2.05, 4.69) is 30.8 Å². The topological polar surface area (TPSA) is 132 Å². The molecule has 0 unspecified atom stereocenters. The van der Waals surface area contributed by atoms with Crippen LogP contribution >= 0.6 is 0 Å². The minimum atomic E-state index is -0.486. The lowest BCUT2D eigenvalue weighted by molar-refractivity contribution is -0.132. The van der Waals surface area contributed by atoms with Gasteiger partial charge in [-0.25, -0.2) is 5.43 Å². The molecule has 0 aliphatic carbocycles. The maximum Gasteiger partial charge on any atom is 0.308 e. The summed E-state index contributed by atoms with van der Waals surface area (Å²) in [5.74, 6) is 1.52. The number of hydrogen-bond acceptors (Lipinski definition) is 12. The third-order valence-electron chi connectivity index (χ3n) is 5.05. The van der Waals surface area contributed by atoms with Crippen LogP contribution in [-0.2, 0) is 9.53 Å². The molecule has 0 bridgehead atoms. The second-order valence-corrected chi connectivity index (χ2v) is 7.59. The maximum atomic E-state index is 11.4. The highest BCUT2D eigenvalue weighted by atomic mass is 16.6. The number of anilines is 4. The second kappa shape index (κ2) is 11.8. The van der Waals surface area contributed by atoms with Gasteiger partial charge in [0.1, 0.15) is 0 Å². The Kier molecular flexibility index (Phi) is 8.08. The Morgan fingerprint density at radius 1 is 1.03 bits per heavy atom. The van der Waals surface area contributed by atoms with Crippen LogP contribution in [0.1, 0.15) is 12.5 Å². The summed E-state index contributed by atoms with van der Waals surface area (Å²) in [4.78, 5) is 27.0. The summed E-state index contributed by atoms with van der Waals surface area (Å²) in [6.07, 6.45) is 1.55. The summed E-state index contributed by atoms with van der Waals surface area (Å²) in [6, 6.07) is 13.0. The number of hydrogen-bond donors (Lipinski definition) is 2. The Morgan fingerprint density at radius 2 is 1.69 bits per heavy atom. The van der Waals surface area contributed by atoms with E-state index in [0.717, 1.165) is 5.69 Å². The SMILES string of the molecule is COc1cc(/C=N/Nc2nc(Nc3ccccc3)nc(N3CCOCC3)n2)cc(OC)c1OC(C)=O. The largest absolute Gasteiger partial charge is 0.493 e. The highest BCUT2D eigenvalue weighted by Gasteiger charge is 2.18. The standard InChI is InChI=1S/C24H27N7O5/c1-16(32)36-21-19(33-2)13-17(14-20(21)34-3)15-25-30-23-27-22(26-18-7-5-4-6-8-18)28-24(29-23)31-9-11-35-12-10-31/h4-8,13-15H,9-12H2,1-3H3,(H2,26,27,28,29,30)/b25-15+. The summed E-state index contributed by atoms with van der Waals surface area (Å²) >= 11 is 0. The molecule has 1 aliphatic heterocycles. The Bertz CT molecular complexity index is 1190. The number of ether oxygens (including phenoxy) is 4. The monoisotopic (exact) mass is 493 g/mol. The van der Waals surface area contributed by atoms with Crippen LogP contribution in [-0.4, -0.2) is 67.7 Å². The summed E-state index contributed by atoms with van der Waals surface area (Å²) in [5.41, 5.74) is 4.34. The van der Waals surface area contributed by atoms with Crippen molar-refractivity contribution in [1.29, 1.82) is 0 Å². The number of benzene rings is 2. The molecule has 1 saturated heterocycles. The molecular formula is C24H27N7O5. The Hall–Kier alpha value is -4.45. The average molecular weight is 494 g/mol. The minimum Gasteiger partial charge on any atom is -0.493 e. The maximum absolute atomic E-state index is 11.4. The van der Waals surface area contributed by atoms with Crippen molar-refractivity contribution in [2.45, 2.75) is 6.92 Å². The number of aromatic nitrogens is 3. The first-order chi connectivity index (χ1) is 17.6. The van der Waals surface area contributed by atoms with Crippen molar-refractivity contribution >= 4 is 35.7 Å². The smallest absolute Gasteiger partial charge is 0.308 e. The molecule has 188 valence electrons. The zero-order valence-electron chi connectivity index (χ0n) is 20.2. The van der Waals surface area contributed by atoms with Gasteiger partial charge in [-0.2, -0.15) is 20.1 Å². The minimum absolute atomic E-state index is 0.196. The molecule has 36 heavy (non-hydrogen) atoms. The third-order valence-corrected chi connectivity index (χ3v) is 5.05. The number of para-hydroxylation sites is 1. The first kappa shape index (κ1) is 24.7. The van der Waals surface area contributed by atoms with Gasteiger partial charge in [0.05, 0.1) is 33.6 Å². The zero-order valence-corrected chi connectivity index (χ0v) is 20.2. The molecular weight excluding hydrogens is 466 g/mol. The fourth-order valence-electron chi connectivity index (χ4n) is 3.41. The summed E-state index contributed by atoms with van der Waals surface area (Å²) in [5, 5.41) is 7.47. The van der Waals surface area contributed by atoms with Gasteiger partial charge < -0.3 is 29.2 Å². The highest BCUT2D eigenvalue weighted by molar-refractivity contribution is 5.83. The van der Waals surface area contributed by atoms with Crippen LogP contribution in [0.15, 0.2) is 47.6 Å². The van der Waals surface area contributed by atoms with Gasteiger partial charge >= 0.3 is 5.97 Å². The Balaban J connectivity index is 1.58. The van der Waals surface area contributed by atoms with Gasteiger partial charge in [0.25, 0.3) is 0 Å². The number of esters is 1. The molecule has 12 nitrogen and oxygen atoms in total. The van der Waals surface area contributed by atoms with Crippen LogP contribution in [0, 0.1) is 0 Å². The molecule has 2 aromatic carbocycles. The fraction of sp³-hybridized carbons (Fsp3) is 0.292. The van der Waals surface area contributed by atoms with Gasteiger partial charge in [-0.15, -0.1) is 0 Å². The lowest BCUT2D eigenvalue weighted by Crippen LogP contribution is -2.37. The lowest BCUT2D eigenvalue weighted by atomic mass is 10.2. The molecule has 0 radical (unpaired) electrons. The van der Waals surface area contributed by atoms with Crippen LogP contribution in [0.5, 0.6) is 17.2 Å². The van der Waals surface area contributed by atoms with Gasteiger partial charge in [-0.3, -0.25) is 4.79 Å². The fourth-order valence-corrected chi connectivity index (χ4v) is 3.41. The summed E-state index contributed by atoms with van der Waals surface area (Å²) < 4.78 is 21.4. The van der Waals surface area contributed by atoms with Crippen molar-refractivity contribution in [3.63, 3.8) is 0 Å². The molecule has 0 atom stereocenters. The van der Waals surface area contributed by atoms with E-state index < -0.39 is 5.97 Å². The van der Waals surface area contributed by atoms with Crippen molar-refractivity contribution in [2.75, 3.05) is 56.2 Å². The van der Waals surface area contributed by atoms with E-state index in [1.807, 2.05) is 35.2 Å². The van der Waals surface area contributed by atoms with Crippen LogP contribution < -0.4 is 29.9 Å². The normalized spacial score (nSPS) is 13.4. The molecule has 3 aromatic rings. The van der Waals surface area contributed by atoms with Crippen LogP contribution in [0.2, 0.25) is 0 Å². The first-order valence-electron chi connectivity index (χ1n) is 11.2. The number of rotatable bonds is 9. The molecule has 2 N–H and O–H groups in total. The summed E-state index contributed by atoms with van der Waals surface area (Å²) in [6.45, 7) is 3.85. The van der Waals surface area contributed by atoms with Crippen LogP contribution in [0.4, 0.5) is 23.5 Å².